The van der Waals surface area contributed by atoms with Crippen molar-refractivity contribution in [3.05, 3.63) is 125 Å². The maximum absolute atomic E-state index is 15.2. The van der Waals surface area contributed by atoms with Crippen molar-refractivity contribution in [1.82, 2.24) is 73.4 Å². The van der Waals surface area contributed by atoms with Crippen LogP contribution in [-0.4, -0.2) is 214 Å². The molecule has 3 aromatic carbocycles. The second-order valence-corrected chi connectivity index (χ2v) is 32.1. The van der Waals surface area contributed by atoms with Gasteiger partial charge in [0.1, 0.15) is 88.6 Å². The quantitative estimate of drug-likeness (QED) is 0.0817. The SMILES string of the molecule is CC[C@]1(C)NC(=O)[C@H](Cc2c[nH]c3ncccc23)NC(=O)[C@H]([C@@H](C)O)NC(=O)[C@@H]2CCCN2C(=O)[C@H](Cc2ccc(O)cc2)NC(=O)[C@H](C(C)(C)C)NC(=O)[C@@H](NC(C)=O)CSCc2cccc(c2)CSC[C@H](C(N)=O)NC(=O)[C@H]([C@@H](C)O)NC(=O)[C@](C)(C(C)C)NC(=O)[C@H](Cc2ccc(O)cc2)NC(=O)[C@H](C)NC1=O. The third-order valence-corrected chi connectivity index (χ3v) is 22.0. The molecule has 602 valence electrons. The number of carbonyl (C=O) groups is 13. The number of aromatic hydroxyl groups is 2. The lowest BCUT2D eigenvalue weighted by Crippen LogP contribution is -2.67. The predicted octanol–water partition coefficient (Wildman–Crippen LogP) is 0.685. The molecular weight excluding hydrogens is 1470 g/mol. The zero-order valence-corrected chi connectivity index (χ0v) is 66.0. The van der Waals surface area contributed by atoms with Crippen molar-refractivity contribution in [3.63, 3.8) is 0 Å². The van der Waals surface area contributed by atoms with E-state index >= 15 is 4.79 Å². The van der Waals surface area contributed by atoms with Crippen molar-refractivity contribution in [1.29, 1.82) is 0 Å². The van der Waals surface area contributed by atoms with E-state index in [1.165, 1.54) is 125 Å². The van der Waals surface area contributed by atoms with Gasteiger partial charge in [0, 0.05) is 73.5 Å². The molecule has 18 N–H and O–H groups in total. The van der Waals surface area contributed by atoms with Gasteiger partial charge in [-0.05, 0) is 129 Å². The number of aliphatic hydroxyl groups excluding tert-OH is 2. The van der Waals surface area contributed by atoms with Gasteiger partial charge in [-0.15, -0.1) is 0 Å². The first kappa shape index (κ1) is 87.9. The second-order valence-electron chi connectivity index (χ2n) is 30.0. The largest absolute Gasteiger partial charge is 0.508 e. The third-order valence-electron chi connectivity index (χ3n) is 19.8. The Morgan fingerprint density at radius 2 is 1.19 bits per heavy atom. The van der Waals surface area contributed by atoms with Crippen LogP contribution in [0.25, 0.3) is 11.0 Å². The van der Waals surface area contributed by atoms with E-state index in [1.807, 2.05) is 18.2 Å². The maximum Gasteiger partial charge on any atom is 0.246 e. The standard InChI is InChI=1S/C77H105N15O17S2/c1-13-76(11)73(108)81-41(4)64(99)83-53(32-45-21-25-50(96)26-22-45)67(102)91-77(12,40(2)3)74(109)88-60(43(6)94)70(105)86-56(62(78)98)38-110-36-47-17-14-18-48(31-47)37-111-39-57(82-44(7)95)65(100)89-61(75(8,9)10)71(106)85-55(33-46-23-27-51(97)28-24-46)72(107)92-30-16-20-58(92)68(103)87-59(42(5)93)69(104)84-54(66(101)90-76)34-49-35-80-63-52(49)19-15-29-79-63/h14-15,17-19,21-29,31,35,40-43,53-61,93-94,96-97H,13,16,20,30,32-34,36-39H2,1-12H3,(H2,78,98)(H,79,80)(H,81,108)(H,82,95)(H,83,99)(H,84,104)(H,85,106)(H,86,105)(H,87,103)(H,88,109)(H,89,100)(H,90,101)(H,91,102)/t41-,42+,43+,53-,54-,55-,56+,57-,58-,59-,60-,61+,76-,77-/m0/s1. The van der Waals surface area contributed by atoms with Gasteiger partial charge in [0.2, 0.25) is 76.8 Å². The molecule has 34 heteroatoms. The minimum atomic E-state index is -1.91. The molecular formula is C77H105N15O17S2. The number of phenolic OH excluding ortho intramolecular Hbond substituents is 2. The number of rotatable bonds is 12. The van der Waals surface area contributed by atoms with Gasteiger partial charge in [0.25, 0.3) is 0 Å². The summed E-state index contributed by atoms with van der Waals surface area (Å²) in [6.07, 6.45) is -0.688. The number of hydrogen-bond acceptors (Lipinski definition) is 20. The Bertz CT molecular complexity index is 4190. The highest BCUT2D eigenvalue weighted by atomic mass is 32.2. The lowest BCUT2D eigenvalue weighted by atomic mass is 9.85. The Labute approximate surface area is 652 Å². The van der Waals surface area contributed by atoms with Crippen LogP contribution >= 0.6 is 23.5 Å². The van der Waals surface area contributed by atoms with Crippen LogP contribution in [0.5, 0.6) is 11.5 Å². The van der Waals surface area contributed by atoms with Gasteiger partial charge in [-0.25, -0.2) is 4.98 Å². The Kier molecular flexibility index (Phi) is 30.9. The summed E-state index contributed by atoms with van der Waals surface area (Å²) < 4.78 is 0. The van der Waals surface area contributed by atoms with Gasteiger partial charge in [-0.3, -0.25) is 62.3 Å². The molecule has 1 saturated heterocycles. The molecule has 13 amide bonds. The van der Waals surface area contributed by atoms with Crippen molar-refractivity contribution in [3.8, 4) is 11.5 Å². The number of primary amides is 1. The number of thioether (sulfide) groups is 2. The highest BCUT2D eigenvalue weighted by Gasteiger charge is 2.46. The number of amides is 13. The van der Waals surface area contributed by atoms with E-state index in [9.17, 15) is 78.0 Å². The highest BCUT2D eigenvalue weighted by molar-refractivity contribution is 7.98. The van der Waals surface area contributed by atoms with Crippen LogP contribution in [0.1, 0.15) is 130 Å². The van der Waals surface area contributed by atoms with Crippen LogP contribution < -0.4 is 64.2 Å². The number of phenols is 2. The minimum Gasteiger partial charge on any atom is -0.508 e. The summed E-state index contributed by atoms with van der Waals surface area (Å²) in [4.78, 5) is 196. The summed E-state index contributed by atoms with van der Waals surface area (Å²) in [6, 6.07) is 7.48. The number of pyridine rings is 1. The molecule has 2 aromatic heterocycles. The summed E-state index contributed by atoms with van der Waals surface area (Å²) in [6.45, 7) is 17.5. The number of aromatic nitrogens is 2. The molecule has 0 spiro atoms. The number of benzene rings is 3. The summed E-state index contributed by atoms with van der Waals surface area (Å²) in [5.74, 6) is -11.8. The van der Waals surface area contributed by atoms with E-state index in [4.69, 9.17) is 5.73 Å². The fourth-order valence-corrected chi connectivity index (χ4v) is 14.5. The lowest BCUT2D eigenvalue weighted by molar-refractivity contribution is -0.143. The van der Waals surface area contributed by atoms with Crippen LogP contribution in [0.15, 0.2) is 97.3 Å². The Hall–Kier alpha value is -10.3. The fraction of sp³-hybridized carbons (Fsp3) is 0.506. The smallest absolute Gasteiger partial charge is 0.246 e. The second kappa shape index (κ2) is 39.0. The number of nitrogens with zero attached hydrogens (tertiary/aromatic N) is 2. The molecule has 4 heterocycles. The van der Waals surface area contributed by atoms with E-state index < -0.39 is 172 Å². The van der Waals surface area contributed by atoms with Gasteiger partial charge < -0.3 is 94.5 Å². The molecule has 14 atom stereocenters. The summed E-state index contributed by atoms with van der Waals surface area (Å²) in [5.41, 5.74) is 4.35. The Morgan fingerprint density at radius 1 is 0.640 bits per heavy atom. The van der Waals surface area contributed by atoms with E-state index in [1.54, 1.807) is 65.9 Å². The van der Waals surface area contributed by atoms with Crippen LogP contribution in [-0.2, 0) is 93.1 Å². The first-order chi connectivity index (χ1) is 52.2. The number of aromatic amines is 1. The van der Waals surface area contributed by atoms with E-state index in [2.05, 4.69) is 68.5 Å². The topological polar surface area (TPSA) is 493 Å². The zero-order valence-electron chi connectivity index (χ0n) is 64.4. The number of H-pyrrole nitrogens is 1. The normalized spacial score (nSPS) is 26.4. The molecule has 5 aromatic rings. The fourth-order valence-electron chi connectivity index (χ4n) is 12.5. The number of nitrogens with two attached hydrogens (primary N) is 1. The summed E-state index contributed by atoms with van der Waals surface area (Å²) >= 11 is 2.52. The van der Waals surface area contributed by atoms with E-state index in [0.29, 0.717) is 39.2 Å². The van der Waals surface area contributed by atoms with E-state index in [-0.39, 0.29) is 68.1 Å². The molecule has 7 rings (SSSR count). The molecule has 1 fully saturated rings. The summed E-state index contributed by atoms with van der Waals surface area (Å²) in [7, 11) is 0. The van der Waals surface area contributed by atoms with Crippen molar-refractivity contribution in [2.45, 2.75) is 217 Å². The van der Waals surface area contributed by atoms with Gasteiger partial charge >= 0.3 is 0 Å². The first-order valence-corrected chi connectivity index (χ1v) is 39.0. The third kappa shape index (κ3) is 24.1. The molecule has 2 aliphatic heterocycles. The van der Waals surface area contributed by atoms with Crippen LogP contribution in [0, 0.1) is 11.3 Å². The van der Waals surface area contributed by atoms with Crippen molar-refractivity contribution < 1.29 is 82.8 Å². The van der Waals surface area contributed by atoms with Crippen molar-refractivity contribution >= 4 is 111 Å². The Balaban J connectivity index is 1.24. The maximum atomic E-state index is 15.2. The van der Waals surface area contributed by atoms with E-state index in [0.717, 1.165) is 11.1 Å². The number of nitrogens with one attached hydrogen (secondary N) is 12. The molecule has 0 radical (unpaired) electrons. The molecule has 0 saturated carbocycles. The van der Waals surface area contributed by atoms with Crippen molar-refractivity contribution in [2.24, 2.45) is 17.1 Å². The minimum absolute atomic E-state index is 0.0129. The van der Waals surface area contributed by atoms with Gasteiger partial charge in [-0.2, -0.15) is 23.5 Å². The monoisotopic (exact) mass is 1580 g/mol. The summed E-state index contributed by atoms with van der Waals surface area (Å²) in [5, 5.41) is 72.7. The number of hydrogen-bond donors (Lipinski definition) is 17. The molecule has 2 bridgehead atoms. The van der Waals surface area contributed by atoms with Crippen molar-refractivity contribution in [2.75, 3.05) is 18.1 Å². The predicted molar refractivity (Wildman–Crippen MR) is 416 cm³/mol. The Morgan fingerprint density at radius 3 is 1.76 bits per heavy atom. The van der Waals surface area contributed by atoms with Crippen LogP contribution in [0.2, 0.25) is 0 Å². The molecule has 2 aliphatic rings. The first-order valence-electron chi connectivity index (χ1n) is 36.7. The zero-order chi connectivity index (χ0) is 82.0. The molecule has 111 heavy (non-hydrogen) atoms. The number of fused-ring (bicyclic) bond motifs is 4. The number of aliphatic hydroxyl groups is 2. The van der Waals surface area contributed by atoms with Crippen LogP contribution in [0.3, 0.4) is 0 Å². The van der Waals surface area contributed by atoms with Gasteiger partial charge in [-0.1, -0.05) is 90.1 Å². The van der Waals surface area contributed by atoms with Gasteiger partial charge in [0.15, 0.2) is 0 Å². The van der Waals surface area contributed by atoms with Crippen LogP contribution in [0.4, 0.5) is 0 Å². The highest BCUT2D eigenvalue weighted by Crippen LogP contribution is 2.27. The molecule has 0 unspecified atom stereocenters. The lowest BCUT2D eigenvalue weighted by Gasteiger charge is -2.36. The number of carbonyl (C=O) groups excluding carboxylic acids is 13. The average Bonchev–Trinajstić information content (AvgIpc) is 1.15. The van der Waals surface area contributed by atoms with Gasteiger partial charge in [0.05, 0.1) is 12.2 Å². The average molecular weight is 1580 g/mol. The molecule has 0 aliphatic carbocycles. The molecule has 32 nitrogen and oxygen atoms in total.